The van der Waals surface area contributed by atoms with Gasteiger partial charge in [0.25, 0.3) is 5.91 Å². The van der Waals surface area contributed by atoms with Crippen molar-refractivity contribution in [3.63, 3.8) is 0 Å². The summed E-state index contributed by atoms with van der Waals surface area (Å²) in [6.45, 7) is 3.88. The number of carbonyl (C=O) groups is 2. The largest absolute Gasteiger partial charge is 0.409 e. The summed E-state index contributed by atoms with van der Waals surface area (Å²) >= 11 is 0. The van der Waals surface area contributed by atoms with Crippen LogP contribution in [0.2, 0.25) is 0 Å². The van der Waals surface area contributed by atoms with Gasteiger partial charge in [-0.3, -0.25) is 14.9 Å². The number of nitrogens with one attached hydrogen (secondary N) is 1. The Morgan fingerprint density at radius 2 is 2.08 bits per heavy atom. The van der Waals surface area contributed by atoms with Crippen LogP contribution in [-0.4, -0.2) is 28.5 Å². The number of amides is 1. The van der Waals surface area contributed by atoms with E-state index in [2.05, 4.69) is 11.2 Å². The van der Waals surface area contributed by atoms with Crippen LogP contribution in [0.15, 0.2) is 30.3 Å². The third kappa shape index (κ3) is 4.41. The highest BCUT2D eigenvalue weighted by Gasteiger charge is 2.35. The topological polar surface area (TPSA) is 86.3 Å². The third-order valence-electron chi connectivity index (χ3n) is 3.76. The second kappa shape index (κ2) is 8.70. The molecule has 134 valence electrons. The van der Waals surface area contributed by atoms with Crippen LogP contribution in [0.25, 0.3) is 10.9 Å². The second-order valence-corrected chi connectivity index (χ2v) is 5.56. The van der Waals surface area contributed by atoms with Gasteiger partial charge < -0.3 is 15.0 Å². The van der Waals surface area contributed by atoms with Gasteiger partial charge in [-0.1, -0.05) is 31.0 Å². The van der Waals surface area contributed by atoms with E-state index in [9.17, 15) is 9.59 Å². The Labute approximate surface area is 157 Å². The number of para-hydroxylation sites is 1. The molecule has 6 nitrogen and oxygen atoms in total. The van der Waals surface area contributed by atoms with E-state index in [1.165, 1.54) is 6.92 Å². The van der Waals surface area contributed by atoms with Crippen molar-refractivity contribution in [1.29, 1.82) is 0 Å². The Morgan fingerprint density at radius 3 is 2.64 bits per heavy atom. The van der Waals surface area contributed by atoms with E-state index in [-0.39, 0.29) is 23.5 Å². The molecule has 1 amide bonds. The van der Waals surface area contributed by atoms with Gasteiger partial charge in [-0.15, -0.1) is 23.4 Å². The molecule has 1 atom stereocenters. The van der Waals surface area contributed by atoms with Gasteiger partial charge in [0.2, 0.25) is 5.88 Å². The maximum absolute atomic E-state index is 12.1. The molecule has 1 aromatic carbocycles. The molecule has 1 aromatic heterocycles. The molecule has 0 bridgehead atoms. The summed E-state index contributed by atoms with van der Waals surface area (Å²) in [6, 6.07) is 9.23. The lowest BCUT2D eigenvalue weighted by Gasteiger charge is -2.28. The van der Waals surface area contributed by atoms with E-state index in [0.29, 0.717) is 12.4 Å². The number of primary amides is 1. The highest BCUT2D eigenvalue weighted by molar-refractivity contribution is 8.93. The molecule has 1 unspecified atom stereocenters. The minimum Gasteiger partial charge on any atom is -0.409 e. The number of rotatable bonds is 7. The number of carbonyl (C=O) groups excluding carboxylic acids is 2. The number of esters is 1. The minimum absolute atomic E-state index is 0. The first-order valence-corrected chi connectivity index (χ1v) is 7.73. The number of fused-ring (bicyclic) bond motifs is 1. The van der Waals surface area contributed by atoms with Crippen molar-refractivity contribution in [2.24, 2.45) is 5.73 Å². The van der Waals surface area contributed by atoms with E-state index < -0.39 is 17.4 Å². The summed E-state index contributed by atoms with van der Waals surface area (Å²) < 4.78 is 6.98. The van der Waals surface area contributed by atoms with Crippen molar-refractivity contribution in [3.05, 3.63) is 30.3 Å². The summed E-state index contributed by atoms with van der Waals surface area (Å²) in [7, 11) is 0. The van der Waals surface area contributed by atoms with Gasteiger partial charge in [-0.25, -0.2) is 0 Å². The lowest BCUT2D eigenvalue weighted by molar-refractivity contribution is -0.132. The van der Waals surface area contributed by atoms with Crippen molar-refractivity contribution in [1.82, 2.24) is 9.88 Å². The standard InChI is InChI=1S/C18H21N3O3.BrH/c1-4-10-20-18(5-2,17(19)23)12-21-15-9-7-6-8-14(15)11-16(21)24-13(3)22;/h2,6-9,11,20H,4,10,12H2,1,3H3,(H2,19,23);1H. The van der Waals surface area contributed by atoms with Crippen LogP contribution in [0.1, 0.15) is 20.3 Å². The molecule has 0 fully saturated rings. The molecule has 0 aliphatic rings. The van der Waals surface area contributed by atoms with E-state index in [0.717, 1.165) is 17.3 Å². The maximum Gasteiger partial charge on any atom is 0.309 e. The molecule has 1 heterocycles. The van der Waals surface area contributed by atoms with Crippen LogP contribution >= 0.6 is 17.0 Å². The first kappa shape index (κ1) is 20.7. The van der Waals surface area contributed by atoms with Gasteiger partial charge >= 0.3 is 5.97 Å². The number of aromatic nitrogens is 1. The number of halogens is 1. The van der Waals surface area contributed by atoms with Crippen LogP contribution in [0, 0.1) is 12.3 Å². The Morgan fingerprint density at radius 1 is 1.40 bits per heavy atom. The Hall–Kier alpha value is -2.30. The first-order chi connectivity index (χ1) is 11.4. The first-order valence-electron chi connectivity index (χ1n) is 7.73. The van der Waals surface area contributed by atoms with Crippen molar-refractivity contribution >= 4 is 39.8 Å². The SMILES string of the molecule is Br.C#CC(Cn1c(OC(C)=O)cc2ccccc21)(NCCC)C(N)=O. The van der Waals surface area contributed by atoms with E-state index in [1.807, 2.05) is 31.2 Å². The number of ether oxygens (including phenoxy) is 1. The molecule has 7 heteroatoms. The van der Waals surface area contributed by atoms with Crippen molar-refractivity contribution < 1.29 is 14.3 Å². The highest BCUT2D eigenvalue weighted by Crippen LogP contribution is 2.27. The molecule has 25 heavy (non-hydrogen) atoms. The monoisotopic (exact) mass is 407 g/mol. The smallest absolute Gasteiger partial charge is 0.309 e. The normalized spacial score (nSPS) is 12.7. The lowest BCUT2D eigenvalue weighted by Crippen LogP contribution is -2.57. The fourth-order valence-electron chi connectivity index (χ4n) is 2.54. The van der Waals surface area contributed by atoms with Crippen LogP contribution in [-0.2, 0) is 16.1 Å². The zero-order valence-corrected chi connectivity index (χ0v) is 16.0. The predicted octanol–water partition coefficient (Wildman–Crippen LogP) is 2.00. The molecule has 0 radical (unpaired) electrons. The zero-order valence-electron chi connectivity index (χ0n) is 14.2. The molecular weight excluding hydrogens is 386 g/mol. The zero-order chi connectivity index (χ0) is 17.7. The summed E-state index contributed by atoms with van der Waals surface area (Å²) in [6.07, 6.45) is 6.42. The number of hydrogen-bond donors (Lipinski definition) is 2. The van der Waals surface area contributed by atoms with Gasteiger partial charge in [-0.05, 0) is 19.0 Å². The quantitative estimate of drug-likeness (QED) is 0.542. The molecular formula is C18H22BrN3O3. The maximum atomic E-state index is 12.1. The van der Waals surface area contributed by atoms with E-state index in [1.54, 1.807) is 10.6 Å². The van der Waals surface area contributed by atoms with Crippen molar-refractivity contribution in [3.8, 4) is 18.2 Å². The number of hydrogen-bond acceptors (Lipinski definition) is 4. The summed E-state index contributed by atoms with van der Waals surface area (Å²) in [4.78, 5) is 23.5. The van der Waals surface area contributed by atoms with Crippen LogP contribution in [0.4, 0.5) is 0 Å². The van der Waals surface area contributed by atoms with Gasteiger partial charge in [0.15, 0.2) is 5.54 Å². The van der Waals surface area contributed by atoms with Gasteiger partial charge in [0.05, 0.1) is 12.1 Å². The highest BCUT2D eigenvalue weighted by atomic mass is 79.9. The molecule has 3 N–H and O–H groups in total. The molecule has 0 spiro atoms. The average molecular weight is 408 g/mol. The van der Waals surface area contributed by atoms with E-state index in [4.69, 9.17) is 16.9 Å². The molecule has 0 aliphatic heterocycles. The fourth-order valence-corrected chi connectivity index (χ4v) is 2.54. The van der Waals surface area contributed by atoms with Crippen LogP contribution in [0.3, 0.4) is 0 Å². The summed E-state index contributed by atoms with van der Waals surface area (Å²) in [5.41, 5.74) is 5.00. The van der Waals surface area contributed by atoms with Gasteiger partial charge in [-0.2, -0.15) is 0 Å². The number of benzene rings is 1. The second-order valence-electron chi connectivity index (χ2n) is 5.56. The number of nitrogens with zero attached hydrogens (tertiary/aromatic N) is 1. The number of nitrogens with two attached hydrogens (primary N) is 1. The van der Waals surface area contributed by atoms with Crippen LogP contribution < -0.4 is 15.8 Å². The third-order valence-corrected chi connectivity index (χ3v) is 3.76. The van der Waals surface area contributed by atoms with E-state index >= 15 is 0 Å². The summed E-state index contributed by atoms with van der Waals surface area (Å²) in [5.74, 6) is 1.71. The van der Waals surface area contributed by atoms with Crippen molar-refractivity contribution in [2.75, 3.05) is 6.54 Å². The Balaban J connectivity index is 0.00000312. The predicted molar refractivity (Wildman–Crippen MR) is 103 cm³/mol. The Kier molecular flexibility index (Phi) is 7.22. The molecule has 0 saturated carbocycles. The van der Waals surface area contributed by atoms with Crippen LogP contribution in [0.5, 0.6) is 5.88 Å². The molecule has 0 saturated heterocycles. The number of terminal acetylenes is 1. The van der Waals surface area contributed by atoms with Gasteiger partial charge in [0, 0.05) is 18.4 Å². The molecule has 0 aliphatic carbocycles. The van der Waals surface area contributed by atoms with Gasteiger partial charge in [0.1, 0.15) is 0 Å². The Bertz CT molecular complexity index is 809. The minimum atomic E-state index is -1.37. The van der Waals surface area contributed by atoms with Crippen molar-refractivity contribution in [2.45, 2.75) is 32.4 Å². The molecule has 2 aromatic rings. The lowest BCUT2D eigenvalue weighted by atomic mass is 9.99. The fraction of sp³-hybridized carbons (Fsp3) is 0.333. The average Bonchev–Trinajstić information content (AvgIpc) is 2.87. The molecule has 2 rings (SSSR count). The summed E-state index contributed by atoms with van der Waals surface area (Å²) in [5, 5.41) is 3.92.